The Morgan fingerprint density at radius 1 is 1.10 bits per heavy atom. The Hall–Kier alpha value is -1.63. The number of piperazine rings is 1. The van der Waals surface area contributed by atoms with Crippen LogP contribution in [0.25, 0.3) is 0 Å². The Bertz CT molecular complexity index is 570. The van der Waals surface area contributed by atoms with Gasteiger partial charge in [-0.2, -0.15) is 0 Å². The van der Waals surface area contributed by atoms with Crippen LogP contribution in [0.15, 0.2) is 0 Å². The third-order valence-corrected chi connectivity index (χ3v) is 5.88. The van der Waals surface area contributed by atoms with Gasteiger partial charge in [-0.15, -0.1) is 0 Å². The van der Waals surface area contributed by atoms with Crippen molar-refractivity contribution in [2.45, 2.75) is 84.8 Å². The Kier molecular flexibility index (Phi) is 8.93. The first kappa shape index (κ1) is 23.6. The van der Waals surface area contributed by atoms with E-state index in [1.807, 2.05) is 16.7 Å². The zero-order valence-electron chi connectivity index (χ0n) is 18.9. The predicted molar refractivity (Wildman–Crippen MR) is 114 cm³/mol. The zero-order valence-corrected chi connectivity index (χ0v) is 18.9. The summed E-state index contributed by atoms with van der Waals surface area (Å²) < 4.78 is 0. The molecule has 0 spiro atoms. The van der Waals surface area contributed by atoms with Gasteiger partial charge in [-0.25, -0.2) is 0 Å². The van der Waals surface area contributed by atoms with Crippen LogP contribution in [0.3, 0.4) is 0 Å². The van der Waals surface area contributed by atoms with Crippen molar-refractivity contribution in [2.75, 3.05) is 26.2 Å². The average Bonchev–Trinajstić information content (AvgIpc) is 2.67. The second kappa shape index (κ2) is 11.0. The molecule has 2 N–H and O–H groups in total. The van der Waals surface area contributed by atoms with Crippen LogP contribution in [0, 0.1) is 11.8 Å². The van der Waals surface area contributed by atoms with Crippen molar-refractivity contribution >= 4 is 17.7 Å². The van der Waals surface area contributed by atoms with Crippen molar-refractivity contribution in [1.82, 2.24) is 20.4 Å². The van der Waals surface area contributed by atoms with Crippen molar-refractivity contribution in [1.29, 1.82) is 0 Å². The molecular formula is C22H40N4O3. The molecule has 166 valence electrons. The Labute approximate surface area is 175 Å². The van der Waals surface area contributed by atoms with E-state index >= 15 is 0 Å². The number of nitrogens with one attached hydrogen (secondary N) is 2. The van der Waals surface area contributed by atoms with E-state index in [4.69, 9.17) is 0 Å². The van der Waals surface area contributed by atoms with Crippen LogP contribution >= 0.6 is 0 Å². The number of hydrogen-bond donors (Lipinski definition) is 2. The number of nitrogens with zero attached hydrogens (tertiary/aromatic N) is 2. The molecule has 0 aromatic carbocycles. The molecule has 7 nitrogen and oxygen atoms in total. The topological polar surface area (TPSA) is 81.8 Å². The van der Waals surface area contributed by atoms with Gasteiger partial charge in [0.25, 0.3) is 0 Å². The van der Waals surface area contributed by atoms with Gasteiger partial charge in [0.1, 0.15) is 6.04 Å². The van der Waals surface area contributed by atoms with Crippen LogP contribution in [-0.2, 0) is 14.4 Å². The largest absolute Gasteiger partial charge is 0.353 e. The van der Waals surface area contributed by atoms with E-state index < -0.39 is 0 Å². The van der Waals surface area contributed by atoms with Crippen LogP contribution in [0.1, 0.15) is 66.7 Å². The Morgan fingerprint density at radius 2 is 1.76 bits per heavy atom. The summed E-state index contributed by atoms with van der Waals surface area (Å²) in [6, 6.07) is -0.437. The second-order valence-corrected chi connectivity index (χ2v) is 9.33. The fourth-order valence-electron chi connectivity index (χ4n) is 4.31. The molecule has 2 saturated heterocycles. The first-order valence-corrected chi connectivity index (χ1v) is 11.3. The van der Waals surface area contributed by atoms with Crippen molar-refractivity contribution < 1.29 is 14.4 Å². The molecule has 2 rings (SSSR count). The lowest BCUT2D eigenvalue weighted by Crippen LogP contribution is -2.62. The van der Waals surface area contributed by atoms with Gasteiger partial charge in [0.2, 0.25) is 17.7 Å². The highest BCUT2D eigenvalue weighted by molar-refractivity contribution is 5.90. The zero-order chi connectivity index (χ0) is 21.6. The maximum absolute atomic E-state index is 13.4. The maximum Gasteiger partial charge on any atom is 0.245 e. The highest BCUT2D eigenvalue weighted by Gasteiger charge is 2.39. The van der Waals surface area contributed by atoms with Crippen LogP contribution < -0.4 is 10.6 Å². The average molecular weight is 409 g/mol. The van der Waals surface area contributed by atoms with E-state index in [9.17, 15) is 14.4 Å². The summed E-state index contributed by atoms with van der Waals surface area (Å²) in [5.74, 6) is 0.950. The third-order valence-electron chi connectivity index (χ3n) is 5.88. The molecule has 0 saturated carbocycles. The molecule has 0 aliphatic carbocycles. The van der Waals surface area contributed by atoms with Crippen LogP contribution in [0.2, 0.25) is 0 Å². The molecule has 2 aliphatic heterocycles. The molecule has 0 aromatic heterocycles. The highest BCUT2D eigenvalue weighted by Crippen LogP contribution is 2.21. The fourth-order valence-corrected chi connectivity index (χ4v) is 4.31. The minimum Gasteiger partial charge on any atom is -0.353 e. The first-order chi connectivity index (χ1) is 13.7. The molecule has 2 atom stereocenters. The van der Waals surface area contributed by atoms with Gasteiger partial charge in [-0.05, 0) is 37.5 Å². The summed E-state index contributed by atoms with van der Waals surface area (Å²) in [6.07, 6.45) is 3.51. The number of rotatable bonds is 8. The van der Waals surface area contributed by atoms with E-state index in [0.29, 0.717) is 44.3 Å². The van der Waals surface area contributed by atoms with Crippen molar-refractivity contribution in [2.24, 2.45) is 11.8 Å². The second-order valence-electron chi connectivity index (χ2n) is 9.33. The molecule has 2 aliphatic rings. The number of amides is 3. The SMILES string of the molecule is CCC(=O)NC1CCN(C(=O)C(CC(C)C)N2CCN[C@@H](CC(C)C)C2=O)CC1. The fraction of sp³-hybridized carbons (Fsp3) is 0.864. The van der Waals surface area contributed by atoms with E-state index in [0.717, 1.165) is 25.8 Å². The molecule has 2 heterocycles. The third kappa shape index (κ3) is 6.69. The van der Waals surface area contributed by atoms with E-state index in [1.165, 1.54) is 0 Å². The summed E-state index contributed by atoms with van der Waals surface area (Å²) in [6.45, 7) is 12.9. The van der Waals surface area contributed by atoms with Crippen molar-refractivity contribution in [3.05, 3.63) is 0 Å². The summed E-state index contributed by atoms with van der Waals surface area (Å²) in [5, 5.41) is 6.36. The molecule has 3 amide bonds. The van der Waals surface area contributed by atoms with Crippen LogP contribution in [-0.4, -0.2) is 71.8 Å². The molecule has 0 bridgehead atoms. The molecule has 7 heteroatoms. The molecule has 29 heavy (non-hydrogen) atoms. The number of likely N-dealkylation sites (tertiary alicyclic amines) is 1. The van der Waals surface area contributed by atoms with E-state index in [1.54, 1.807) is 0 Å². The maximum atomic E-state index is 13.4. The minimum atomic E-state index is -0.388. The van der Waals surface area contributed by atoms with Gasteiger partial charge < -0.3 is 20.4 Å². The normalized spacial score (nSPS) is 22.3. The number of carbonyl (C=O) groups excluding carboxylic acids is 3. The molecule has 2 fully saturated rings. The van der Waals surface area contributed by atoms with E-state index in [-0.39, 0.29) is 35.8 Å². The molecule has 1 unspecified atom stereocenters. The quantitative estimate of drug-likeness (QED) is 0.641. The van der Waals surface area contributed by atoms with Crippen LogP contribution in [0.5, 0.6) is 0 Å². The highest BCUT2D eigenvalue weighted by atomic mass is 16.2. The Morgan fingerprint density at radius 3 is 2.31 bits per heavy atom. The number of carbonyl (C=O) groups is 3. The summed E-state index contributed by atoms with van der Waals surface area (Å²) in [5.41, 5.74) is 0. The summed E-state index contributed by atoms with van der Waals surface area (Å²) in [7, 11) is 0. The monoisotopic (exact) mass is 408 g/mol. The van der Waals surface area contributed by atoms with Gasteiger partial charge in [0.05, 0.1) is 6.04 Å². The van der Waals surface area contributed by atoms with Gasteiger partial charge >= 0.3 is 0 Å². The van der Waals surface area contributed by atoms with Crippen molar-refractivity contribution in [3.63, 3.8) is 0 Å². The van der Waals surface area contributed by atoms with Gasteiger partial charge in [0.15, 0.2) is 0 Å². The van der Waals surface area contributed by atoms with Crippen molar-refractivity contribution in [3.8, 4) is 0 Å². The lowest BCUT2D eigenvalue weighted by atomic mass is 9.95. The van der Waals surface area contributed by atoms with Crippen LogP contribution in [0.4, 0.5) is 0 Å². The predicted octanol–water partition coefficient (Wildman–Crippen LogP) is 1.76. The molecular weight excluding hydrogens is 368 g/mol. The van der Waals surface area contributed by atoms with E-state index in [2.05, 4.69) is 38.3 Å². The minimum absolute atomic E-state index is 0.0639. The lowest BCUT2D eigenvalue weighted by Gasteiger charge is -2.42. The smallest absolute Gasteiger partial charge is 0.245 e. The first-order valence-electron chi connectivity index (χ1n) is 11.3. The van der Waals surface area contributed by atoms with Gasteiger partial charge in [0, 0.05) is 38.6 Å². The summed E-state index contributed by atoms with van der Waals surface area (Å²) >= 11 is 0. The number of piperidine rings is 1. The van der Waals surface area contributed by atoms with Gasteiger partial charge in [-0.3, -0.25) is 14.4 Å². The number of hydrogen-bond acceptors (Lipinski definition) is 4. The lowest BCUT2D eigenvalue weighted by molar-refractivity contribution is -0.150. The Balaban J connectivity index is 2.05. The summed E-state index contributed by atoms with van der Waals surface area (Å²) in [4.78, 5) is 41.9. The van der Waals surface area contributed by atoms with Gasteiger partial charge in [-0.1, -0.05) is 34.6 Å². The standard InChI is InChI=1S/C22H40N4O3/c1-6-20(27)24-17-7-10-25(11-8-17)22(29)19(14-16(4)5)26-12-9-23-18(21(26)28)13-15(2)3/h15-19,23H,6-14H2,1-5H3,(H,24,27)/t18-,19?/m0/s1. The molecule has 0 radical (unpaired) electrons. The molecule has 0 aromatic rings.